The van der Waals surface area contributed by atoms with Crippen LogP contribution in [0, 0.1) is 0 Å². The molecule has 0 saturated heterocycles. The van der Waals surface area contributed by atoms with Crippen molar-refractivity contribution in [2.75, 3.05) is 10.5 Å². The van der Waals surface area contributed by atoms with E-state index < -0.39 is 21.8 Å². The van der Waals surface area contributed by atoms with Crippen LogP contribution in [0.5, 0.6) is 0 Å². The van der Waals surface area contributed by atoms with E-state index in [1.165, 1.54) is 4.72 Å². The predicted octanol–water partition coefficient (Wildman–Crippen LogP) is 0.679. The first-order valence-electron chi connectivity index (χ1n) is 3.79. The molecule has 2 N–H and O–H groups in total. The molecular weight excluding hydrogens is 300 g/mol. The molecule has 0 unspecified atom stereocenters. The molecule has 0 aliphatic carbocycles. The lowest BCUT2D eigenvalue weighted by Gasteiger charge is -2.01. The number of carboxylic acid groups (broad SMARTS) is 1. The fraction of sp³-hybridized carbons (Fsp3) is 0.400. The number of carboxylic acids is 1. The SMILES string of the molecule is O=C(O)CSc1nnc(NS(=O)(=O)C(F)F)s1. The molecule has 7 nitrogen and oxygen atoms in total. The second kappa shape index (κ2) is 5.55. The molecule has 0 fully saturated rings. The summed E-state index contributed by atoms with van der Waals surface area (Å²) in [6.07, 6.45) is 0. The fourth-order valence-electron chi connectivity index (χ4n) is 0.599. The molecule has 0 bridgehead atoms. The number of hydrogen-bond acceptors (Lipinski definition) is 7. The van der Waals surface area contributed by atoms with Crippen LogP contribution in [0.15, 0.2) is 4.34 Å². The first kappa shape index (κ1) is 14.1. The highest BCUT2D eigenvalue weighted by Gasteiger charge is 2.25. The third-order valence-corrected chi connectivity index (χ3v) is 4.22. The number of aromatic nitrogens is 2. The van der Waals surface area contributed by atoms with Gasteiger partial charge in [-0.05, 0) is 0 Å². The van der Waals surface area contributed by atoms with Crippen LogP contribution >= 0.6 is 23.1 Å². The van der Waals surface area contributed by atoms with Gasteiger partial charge in [0.2, 0.25) is 5.13 Å². The monoisotopic (exact) mass is 305 g/mol. The highest BCUT2D eigenvalue weighted by Crippen LogP contribution is 2.26. The number of rotatable bonds is 6. The Morgan fingerprint density at radius 1 is 1.53 bits per heavy atom. The lowest BCUT2D eigenvalue weighted by molar-refractivity contribution is -0.133. The quantitative estimate of drug-likeness (QED) is 0.744. The van der Waals surface area contributed by atoms with Gasteiger partial charge in [0.15, 0.2) is 4.34 Å². The Morgan fingerprint density at radius 2 is 2.18 bits per heavy atom. The molecule has 96 valence electrons. The lowest BCUT2D eigenvalue weighted by Crippen LogP contribution is -2.20. The van der Waals surface area contributed by atoms with Gasteiger partial charge in [0.1, 0.15) is 0 Å². The van der Waals surface area contributed by atoms with E-state index in [1.807, 2.05) is 0 Å². The van der Waals surface area contributed by atoms with Crippen molar-refractivity contribution in [3.05, 3.63) is 0 Å². The minimum Gasteiger partial charge on any atom is -0.481 e. The largest absolute Gasteiger partial charge is 0.481 e. The molecule has 1 rings (SSSR count). The Balaban J connectivity index is 2.66. The molecule has 1 aromatic rings. The number of carbonyl (C=O) groups is 1. The van der Waals surface area contributed by atoms with Gasteiger partial charge < -0.3 is 5.11 Å². The Hall–Kier alpha value is -1.01. The van der Waals surface area contributed by atoms with E-state index in [1.54, 1.807) is 0 Å². The van der Waals surface area contributed by atoms with Gasteiger partial charge in [-0.2, -0.15) is 8.78 Å². The molecule has 1 heterocycles. The normalized spacial score (nSPS) is 11.7. The highest BCUT2D eigenvalue weighted by atomic mass is 32.2. The number of aliphatic carboxylic acids is 1. The summed E-state index contributed by atoms with van der Waals surface area (Å²) in [6, 6.07) is 0. The zero-order valence-electron chi connectivity index (χ0n) is 7.83. The van der Waals surface area contributed by atoms with Gasteiger partial charge in [-0.25, -0.2) is 8.42 Å². The van der Waals surface area contributed by atoms with Crippen LogP contribution in [-0.4, -0.2) is 41.2 Å². The number of alkyl halides is 2. The van der Waals surface area contributed by atoms with E-state index in [0.29, 0.717) is 11.3 Å². The number of nitrogens with one attached hydrogen (secondary N) is 1. The van der Waals surface area contributed by atoms with Crippen molar-refractivity contribution in [3.8, 4) is 0 Å². The zero-order chi connectivity index (χ0) is 13.1. The minimum atomic E-state index is -4.77. The topological polar surface area (TPSA) is 109 Å². The van der Waals surface area contributed by atoms with Gasteiger partial charge >= 0.3 is 11.7 Å². The number of hydrogen-bond donors (Lipinski definition) is 2. The predicted molar refractivity (Wildman–Crippen MR) is 56.8 cm³/mol. The molecule has 0 aromatic carbocycles. The summed E-state index contributed by atoms with van der Waals surface area (Å²) >= 11 is 1.48. The van der Waals surface area contributed by atoms with Gasteiger partial charge in [0.25, 0.3) is 10.0 Å². The molecule has 0 saturated carbocycles. The van der Waals surface area contributed by atoms with Crippen molar-refractivity contribution in [1.82, 2.24) is 10.2 Å². The number of anilines is 1. The number of halogens is 2. The average molecular weight is 305 g/mol. The van der Waals surface area contributed by atoms with Crippen LogP contribution < -0.4 is 4.72 Å². The van der Waals surface area contributed by atoms with Gasteiger partial charge in [-0.1, -0.05) is 23.1 Å². The van der Waals surface area contributed by atoms with Gasteiger partial charge in [-0.15, -0.1) is 10.2 Å². The van der Waals surface area contributed by atoms with Crippen LogP contribution in [0.25, 0.3) is 0 Å². The average Bonchev–Trinajstić information content (AvgIpc) is 2.61. The molecule has 0 radical (unpaired) electrons. The molecule has 17 heavy (non-hydrogen) atoms. The van der Waals surface area contributed by atoms with E-state index in [2.05, 4.69) is 10.2 Å². The summed E-state index contributed by atoms with van der Waals surface area (Å²) in [5.41, 5.74) is 0. The molecule has 1 aromatic heterocycles. The third kappa shape index (κ3) is 4.40. The van der Waals surface area contributed by atoms with Gasteiger partial charge in [0, 0.05) is 0 Å². The van der Waals surface area contributed by atoms with Crippen LogP contribution in [0.1, 0.15) is 0 Å². The first-order chi connectivity index (χ1) is 7.81. The standard InChI is InChI=1S/C5H5F2N3O4S3/c6-3(7)17(13,14)10-4-8-9-5(16-4)15-1-2(11)12/h3H,1H2,(H,8,10)(H,11,12). The lowest BCUT2D eigenvalue weighted by atomic mass is 10.8. The van der Waals surface area contributed by atoms with Crippen LogP contribution in [0.4, 0.5) is 13.9 Å². The van der Waals surface area contributed by atoms with Crippen molar-refractivity contribution in [1.29, 1.82) is 0 Å². The molecule has 12 heteroatoms. The molecule has 0 atom stereocenters. The maximum Gasteiger partial charge on any atom is 0.355 e. The first-order valence-corrected chi connectivity index (χ1v) is 7.14. The van der Waals surface area contributed by atoms with Crippen molar-refractivity contribution in [2.24, 2.45) is 0 Å². The van der Waals surface area contributed by atoms with E-state index >= 15 is 0 Å². The Labute approximate surface area is 102 Å². The van der Waals surface area contributed by atoms with Crippen LogP contribution in [0.2, 0.25) is 0 Å². The van der Waals surface area contributed by atoms with E-state index in [9.17, 15) is 22.0 Å². The summed E-state index contributed by atoms with van der Waals surface area (Å²) in [6.45, 7) is 0. The number of thioether (sulfide) groups is 1. The van der Waals surface area contributed by atoms with E-state index in [0.717, 1.165) is 11.8 Å². The van der Waals surface area contributed by atoms with Crippen LogP contribution in [0.3, 0.4) is 0 Å². The highest BCUT2D eigenvalue weighted by molar-refractivity contribution is 8.01. The summed E-state index contributed by atoms with van der Waals surface area (Å²) in [4.78, 5) is 10.2. The molecule has 0 aliphatic rings. The minimum absolute atomic E-state index is 0.166. The van der Waals surface area contributed by atoms with Crippen molar-refractivity contribution in [3.63, 3.8) is 0 Å². The van der Waals surface area contributed by atoms with Crippen LogP contribution in [-0.2, 0) is 14.8 Å². The van der Waals surface area contributed by atoms with Gasteiger partial charge in [-0.3, -0.25) is 9.52 Å². The summed E-state index contributed by atoms with van der Waals surface area (Å²) in [5, 5.41) is 14.8. The summed E-state index contributed by atoms with van der Waals surface area (Å²) in [5.74, 6) is -4.93. The second-order valence-electron chi connectivity index (χ2n) is 2.46. The molecular formula is C5H5F2N3O4S3. The summed E-state index contributed by atoms with van der Waals surface area (Å²) in [7, 11) is -4.77. The van der Waals surface area contributed by atoms with Crippen molar-refractivity contribution < 1.29 is 27.1 Å². The maximum atomic E-state index is 12.0. The smallest absolute Gasteiger partial charge is 0.355 e. The molecule has 0 amide bonds. The fourth-order valence-corrected chi connectivity index (χ4v) is 2.81. The Kier molecular flexibility index (Phi) is 4.59. The maximum absolute atomic E-state index is 12.0. The zero-order valence-corrected chi connectivity index (χ0v) is 10.3. The van der Waals surface area contributed by atoms with E-state index in [4.69, 9.17) is 5.11 Å². The number of sulfonamides is 1. The number of nitrogens with zero attached hydrogens (tertiary/aromatic N) is 2. The van der Waals surface area contributed by atoms with Gasteiger partial charge in [0.05, 0.1) is 5.75 Å². The van der Waals surface area contributed by atoms with E-state index in [-0.39, 0.29) is 15.2 Å². The summed E-state index contributed by atoms with van der Waals surface area (Å²) < 4.78 is 47.2. The Morgan fingerprint density at radius 3 is 2.71 bits per heavy atom. The third-order valence-electron chi connectivity index (χ3n) is 1.19. The second-order valence-corrected chi connectivity index (χ2v) is 6.31. The van der Waals surface area contributed by atoms with Crippen molar-refractivity contribution >= 4 is 44.2 Å². The van der Waals surface area contributed by atoms with Crippen molar-refractivity contribution in [2.45, 2.75) is 10.1 Å². The molecule has 0 aliphatic heterocycles. The Bertz CT molecular complexity index is 502. The molecule has 0 spiro atoms.